The second-order valence-corrected chi connectivity index (χ2v) is 8.57. The Morgan fingerprint density at radius 1 is 0.926 bits per heavy atom. The number of sulfonamides is 1. The molecule has 1 fully saturated rings. The van der Waals surface area contributed by atoms with Gasteiger partial charge in [-0.05, 0) is 36.6 Å². The van der Waals surface area contributed by atoms with E-state index < -0.39 is 10.0 Å². The Morgan fingerprint density at radius 3 is 2.48 bits per heavy atom. The maximum Gasteiger partial charge on any atom is 0.241 e. The number of hydrogen-bond donors (Lipinski definition) is 1. The molecule has 144 valence electrons. The van der Waals surface area contributed by atoms with Crippen molar-refractivity contribution in [2.24, 2.45) is 0 Å². The second-order valence-electron chi connectivity index (χ2n) is 6.81. The molecule has 1 saturated heterocycles. The average Bonchev–Trinajstić information content (AvgIpc) is 3.11. The fraction of sp³-hybridized carbons (Fsp3) is 0.400. The van der Waals surface area contributed by atoms with E-state index in [1.807, 2.05) is 18.2 Å². The van der Waals surface area contributed by atoms with Gasteiger partial charge in [-0.3, -0.25) is 0 Å². The molecule has 0 radical (unpaired) electrons. The molecule has 2 aromatic rings. The topological polar surface area (TPSA) is 67.9 Å². The number of nitrogens with zero attached hydrogens (tertiary/aromatic N) is 1. The Morgan fingerprint density at radius 2 is 1.67 bits per heavy atom. The molecule has 0 atom stereocenters. The van der Waals surface area contributed by atoms with Crippen molar-refractivity contribution in [2.75, 3.05) is 31.2 Å². The molecular weight excluding hydrogens is 364 g/mol. The second kappa shape index (κ2) is 7.78. The van der Waals surface area contributed by atoms with E-state index in [1.54, 1.807) is 12.1 Å². The SMILES string of the molecule is O=S(=O)(NCc1ccccc1N1CCCC1)c1ccc2c(c1)OCCCO2. The quantitative estimate of drug-likeness (QED) is 0.853. The first-order valence-corrected chi connectivity index (χ1v) is 10.8. The summed E-state index contributed by atoms with van der Waals surface area (Å²) in [4.78, 5) is 2.50. The normalized spacial score (nSPS) is 17.0. The van der Waals surface area contributed by atoms with E-state index in [1.165, 1.54) is 18.9 Å². The third-order valence-electron chi connectivity index (χ3n) is 4.92. The lowest BCUT2D eigenvalue weighted by Crippen LogP contribution is -2.25. The minimum atomic E-state index is -3.65. The summed E-state index contributed by atoms with van der Waals surface area (Å²) in [5, 5.41) is 0. The zero-order valence-corrected chi connectivity index (χ0v) is 16.0. The largest absolute Gasteiger partial charge is 0.490 e. The van der Waals surface area contributed by atoms with Gasteiger partial charge in [-0.15, -0.1) is 0 Å². The van der Waals surface area contributed by atoms with Gasteiger partial charge in [-0.1, -0.05) is 18.2 Å². The smallest absolute Gasteiger partial charge is 0.241 e. The average molecular weight is 388 g/mol. The molecule has 0 aliphatic carbocycles. The number of benzene rings is 2. The highest BCUT2D eigenvalue weighted by atomic mass is 32.2. The summed E-state index contributed by atoms with van der Waals surface area (Å²) in [7, 11) is -3.65. The van der Waals surface area contributed by atoms with Crippen LogP contribution in [0.1, 0.15) is 24.8 Å². The van der Waals surface area contributed by atoms with Crippen LogP contribution in [0.15, 0.2) is 47.4 Å². The molecule has 4 rings (SSSR count). The molecule has 2 aliphatic heterocycles. The molecule has 0 unspecified atom stereocenters. The van der Waals surface area contributed by atoms with Crippen LogP contribution in [0, 0.1) is 0 Å². The van der Waals surface area contributed by atoms with Gasteiger partial charge in [0.1, 0.15) is 0 Å². The predicted octanol–water partition coefficient (Wildman–Crippen LogP) is 2.93. The maximum absolute atomic E-state index is 12.8. The first-order chi connectivity index (χ1) is 13.1. The summed E-state index contributed by atoms with van der Waals surface area (Å²) in [5.41, 5.74) is 2.09. The summed E-state index contributed by atoms with van der Waals surface area (Å²) in [6, 6.07) is 12.7. The van der Waals surface area contributed by atoms with E-state index in [2.05, 4.69) is 15.7 Å². The van der Waals surface area contributed by atoms with E-state index in [-0.39, 0.29) is 11.4 Å². The lowest BCUT2D eigenvalue weighted by atomic mass is 10.1. The van der Waals surface area contributed by atoms with Crippen LogP contribution in [0.4, 0.5) is 5.69 Å². The third kappa shape index (κ3) is 4.04. The molecular formula is C20H24N2O4S. The number of fused-ring (bicyclic) bond motifs is 1. The van der Waals surface area contributed by atoms with Crippen LogP contribution in [0.5, 0.6) is 11.5 Å². The van der Waals surface area contributed by atoms with E-state index in [0.717, 1.165) is 30.8 Å². The van der Waals surface area contributed by atoms with Gasteiger partial charge >= 0.3 is 0 Å². The van der Waals surface area contributed by atoms with Crippen molar-refractivity contribution >= 4 is 15.7 Å². The standard InChI is InChI=1S/C20H24N2O4S/c23-27(24,17-8-9-19-20(14-17)26-13-5-12-25-19)21-15-16-6-1-2-7-18(16)22-10-3-4-11-22/h1-2,6-9,14,21H,3-5,10-13,15H2. The van der Waals surface area contributed by atoms with Gasteiger partial charge in [0, 0.05) is 37.8 Å². The van der Waals surface area contributed by atoms with Crippen LogP contribution in [0.3, 0.4) is 0 Å². The van der Waals surface area contributed by atoms with Gasteiger partial charge in [-0.2, -0.15) is 0 Å². The van der Waals surface area contributed by atoms with E-state index >= 15 is 0 Å². The van der Waals surface area contributed by atoms with Gasteiger partial charge in [0.2, 0.25) is 10.0 Å². The number of ether oxygens (including phenoxy) is 2. The Balaban J connectivity index is 1.52. The van der Waals surface area contributed by atoms with Crippen LogP contribution < -0.4 is 19.1 Å². The van der Waals surface area contributed by atoms with Crippen molar-refractivity contribution < 1.29 is 17.9 Å². The lowest BCUT2D eigenvalue weighted by molar-refractivity contribution is 0.297. The first kappa shape index (κ1) is 18.1. The minimum absolute atomic E-state index is 0.186. The minimum Gasteiger partial charge on any atom is -0.490 e. The summed E-state index contributed by atoms with van der Waals surface area (Å²) in [6.45, 7) is 3.39. The number of hydrogen-bond acceptors (Lipinski definition) is 5. The van der Waals surface area contributed by atoms with Crippen LogP contribution in [0.25, 0.3) is 0 Å². The summed E-state index contributed by atoms with van der Waals surface area (Å²) < 4.78 is 39.5. The van der Waals surface area contributed by atoms with Gasteiger partial charge in [0.15, 0.2) is 11.5 Å². The molecule has 27 heavy (non-hydrogen) atoms. The predicted molar refractivity (Wildman–Crippen MR) is 104 cm³/mol. The van der Waals surface area contributed by atoms with Gasteiger partial charge in [-0.25, -0.2) is 13.1 Å². The number of para-hydroxylation sites is 1. The molecule has 0 spiro atoms. The fourth-order valence-electron chi connectivity index (χ4n) is 3.49. The zero-order chi connectivity index (χ0) is 18.7. The van der Waals surface area contributed by atoms with Crippen molar-refractivity contribution in [1.29, 1.82) is 0 Å². The summed E-state index contributed by atoms with van der Waals surface area (Å²) in [5.74, 6) is 1.07. The molecule has 7 heteroatoms. The highest BCUT2D eigenvalue weighted by Crippen LogP contribution is 2.32. The van der Waals surface area contributed by atoms with Gasteiger partial charge < -0.3 is 14.4 Å². The Bertz CT molecular complexity index is 908. The van der Waals surface area contributed by atoms with Crippen LogP contribution >= 0.6 is 0 Å². The Labute approximate surface area is 160 Å². The first-order valence-electron chi connectivity index (χ1n) is 9.36. The highest BCUT2D eigenvalue weighted by Gasteiger charge is 2.20. The molecule has 0 bridgehead atoms. The summed E-state index contributed by atoms with van der Waals surface area (Å²) >= 11 is 0. The third-order valence-corrected chi connectivity index (χ3v) is 6.32. The van der Waals surface area contributed by atoms with Crippen molar-refractivity contribution in [3.05, 3.63) is 48.0 Å². The molecule has 6 nitrogen and oxygen atoms in total. The fourth-order valence-corrected chi connectivity index (χ4v) is 4.52. The monoisotopic (exact) mass is 388 g/mol. The van der Waals surface area contributed by atoms with Crippen molar-refractivity contribution in [1.82, 2.24) is 4.72 Å². The van der Waals surface area contributed by atoms with Crippen molar-refractivity contribution in [3.63, 3.8) is 0 Å². The van der Waals surface area contributed by atoms with Gasteiger partial charge in [0.05, 0.1) is 18.1 Å². The summed E-state index contributed by atoms with van der Waals surface area (Å²) in [6.07, 6.45) is 3.14. The highest BCUT2D eigenvalue weighted by molar-refractivity contribution is 7.89. The van der Waals surface area contributed by atoms with Gasteiger partial charge in [0.25, 0.3) is 0 Å². The Kier molecular flexibility index (Phi) is 5.22. The van der Waals surface area contributed by atoms with E-state index in [0.29, 0.717) is 24.7 Å². The van der Waals surface area contributed by atoms with Crippen LogP contribution in [-0.2, 0) is 16.6 Å². The molecule has 2 aliphatic rings. The maximum atomic E-state index is 12.8. The molecule has 2 aromatic carbocycles. The lowest BCUT2D eigenvalue weighted by Gasteiger charge is -2.21. The number of rotatable bonds is 5. The number of anilines is 1. The molecule has 0 aromatic heterocycles. The van der Waals surface area contributed by atoms with Crippen LogP contribution in [-0.4, -0.2) is 34.7 Å². The Hall–Kier alpha value is -2.25. The van der Waals surface area contributed by atoms with E-state index in [9.17, 15) is 8.42 Å². The van der Waals surface area contributed by atoms with Crippen molar-refractivity contribution in [3.8, 4) is 11.5 Å². The van der Waals surface area contributed by atoms with Crippen LogP contribution in [0.2, 0.25) is 0 Å². The molecule has 0 saturated carbocycles. The molecule has 2 heterocycles. The molecule has 1 N–H and O–H groups in total. The van der Waals surface area contributed by atoms with E-state index in [4.69, 9.17) is 9.47 Å². The number of nitrogens with one attached hydrogen (secondary N) is 1. The molecule has 0 amide bonds. The zero-order valence-electron chi connectivity index (χ0n) is 15.2. The van der Waals surface area contributed by atoms with Crippen molar-refractivity contribution in [2.45, 2.75) is 30.7 Å².